The van der Waals surface area contributed by atoms with Crippen molar-refractivity contribution in [3.63, 3.8) is 0 Å². The van der Waals surface area contributed by atoms with E-state index in [1.165, 1.54) is 18.2 Å². The maximum absolute atomic E-state index is 12.8. The number of hydrogen-bond acceptors (Lipinski definition) is 3. The Bertz CT molecular complexity index is 343. The Morgan fingerprint density at radius 3 is 2.77 bits per heavy atom. The van der Waals surface area contributed by atoms with Gasteiger partial charge in [0.25, 0.3) is 0 Å². The third-order valence-corrected chi connectivity index (χ3v) is 1.79. The van der Waals surface area contributed by atoms with Crippen molar-refractivity contribution in [1.82, 2.24) is 0 Å². The minimum atomic E-state index is -0.481. The van der Waals surface area contributed by atoms with Crippen molar-refractivity contribution in [3.8, 4) is 6.07 Å². The summed E-state index contributed by atoms with van der Waals surface area (Å²) in [4.78, 5) is 0. The number of rotatable bonds is 2. The Kier molecular flexibility index (Phi) is 2.96. The van der Waals surface area contributed by atoms with Crippen LogP contribution in [0.4, 0.5) is 4.39 Å². The first kappa shape index (κ1) is 9.65. The van der Waals surface area contributed by atoms with E-state index in [1.54, 1.807) is 0 Å². The molecule has 0 saturated carbocycles. The predicted octanol–water partition coefficient (Wildman–Crippen LogP) is 0.656. The van der Waals surface area contributed by atoms with Gasteiger partial charge in [-0.2, -0.15) is 5.26 Å². The second-order valence-corrected chi connectivity index (χ2v) is 2.69. The van der Waals surface area contributed by atoms with Crippen LogP contribution < -0.4 is 11.5 Å². The van der Waals surface area contributed by atoms with Crippen LogP contribution in [-0.2, 0) is 0 Å². The van der Waals surface area contributed by atoms with Crippen LogP contribution in [0.2, 0.25) is 0 Å². The fourth-order valence-electron chi connectivity index (χ4n) is 1.07. The minimum absolute atomic E-state index is 0.193. The van der Waals surface area contributed by atoms with E-state index >= 15 is 0 Å². The van der Waals surface area contributed by atoms with Crippen molar-refractivity contribution in [1.29, 1.82) is 5.26 Å². The summed E-state index contributed by atoms with van der Waals surface area (Å²) < 4.78 is 12.8. The predicted molar refractivity (Wildman–Crippen MR) is 47.1 cm³/mol. The molecular weight excluding hydrogens is 169 g/mol. The molecule has 0 fully saturated rings. The molecule has 0 heterocycles. The lowest BCUT2D eigenvalue weighted by atomic mass is 10.0. The zero-order valence-corrected chi connectivity index (χ0v) is 7.00. The number of benzene rings is 1. The van der Waals surface area contributed by atoms with Gasteiger partial charge in [0.1, 0.15) is 5.82 Å². The van der Waals surface area contributed by atoms with E-state index in [1.807, 2.05) is 6.07 Å². The van der Waals surface area contributed by atoms with Crippen molar-refractivity contribution in [3.05, 3.63) is 35.1 Å². The molecule has 3 nitrogen and oxygen atoms in total. The zero-order chi connectivity index (χ0) is 9.84. The van der Waals surface area contributed by atoms with Gasteiger partial charge in [-0.3, -0.25) is 0 Å². The number of nitrogens with zero attached hydrogens (tertiary/aromatic N) is 1. The topological polar surface area (TPSA) is 75.8 Å². The summed E-state index contributed by atoms with van der Waals surface area (Å²) in [6.45, 7) is 0.193. The highest BCUT2D eigenvalue weighted by atomic mass is 19.1. The first-order valence-corrected chi connectivity index (χ1v) is 3.84. The summed E-state index contributed by atoms with van der Waals surface area (Å²) >= 11 is 0. The number of nitriles is 1. The Morgan fingerprint density at radius 1 is 1.54 bits per heavy atom. The van der Waals surface area contributed by atoms with Gasteiger partial charge in [0, 0.05) is 12.6 Å². The normalized spacial score (nSPS) is 12.2. The smallest absolute Gasteiger partial charge is 0.123 e. The Morgan fingerprint density at radius 2 is 2.23 bits per heavy atom. The Labute approximate surface area is 75.8 Å². The van der Waals surface area contributed by atoms with E-state index in [4.69, 9.17) is 16.7 Å². The Hall–Kier alpha value is -1.44. The third kappa shape index (κ3) is 2.02. The SMILES string of the molecule is N#Cc1ccc(F)cc1C(N)CN. The van der Waals surface area contributed by atoms with Crippen molar-refractivity contribution in [2.24, 2.45) is 11.5 Å². The molecule has 4 heteroatoms. The summed E-state index contributed by atoms with van der Waals surface area (Å²) in [5.74, 6) is -0.405. The molecule has 0 radical (unpaired) electrons. The van der Waals surface area contributed by atoms with E-state index in [-0.39, 0.29) is 6.54 Å². The fraction of sp³-hybridized carbons (Fsp3) is 0.222. The largest absolute Gasteiger partial charge is 0.329 e. The average Bonchev–Trinajstić information content (AvgIpc) is 2.16. The standard InChI is InChI=1S/C9H10FN3/c10-7-2-1-6(4-11)8(3-7)9(13)5-12/h1-3,9H,5,12-13H2. The molecular formula is C9H10FN3. The summed E-state index contributed by atoms with van der Waals surface area (Å²) in [6, 6.07) is 5.33. The van der Waals surface area contributed by atoms with Crippen molar-refractivity contribution in [2.75, 3.05) is 6.54 Å². The molecule has 4 N–H and O–H groups in total. The summed E-state index contributed by atoms with van der Waals surface area (Å²) in [6.07, 6.45) is 0. The molecule has 0 aliphatic heterocycles. The van der Waals surface area contributed by atoms with Crippen LogP contribution in [0.3, 0.4) is 0 Å². The van der Waals surface area contributed by atoms with Crippen LogP contribution >= 0.6 is 0 Å². The molecule has 68 valence electrons. The first-order chi connectivity index (χ1) is 6.19. The van der Waals surface area contributed by atoms with Crippen molar-refractivity contribution < 1.29 is 4.39 Å². The molecule has 0 aliphatic carbocycles. The zero-order valence-electron chi connectivity index (χ0n) is 7.00. The molecule has 1 rings (SSSR count). The molecule has 13 heavy (non-hydrogen) atoms. The second-order valence-electron chi connectivity index (χ2n) is 2.69. The van der Waals surface area contributed by atoms with Gasteiger partial charge in [-0.1, -0.05) is 0 Å². The molecule has 0 bridgehead atoms. The van der Waals surface area contributed by atoms with Gasteiger partial charge in [-0.15, -0.1) is 0 Å². The van der Waals surface area contributed by atoms with Crippen LogP contribution in [0.1, 0.15) is 17.2 Å². The van der Waals surface area contributed by atoms with Gasteiger partial charge in [-0.05, 0) is 23.8 Å². The molecule has 0 saturated heterocycles. The summed E-state index contributed by atoms with van der Waals surface area (Å²) in [7, 11) is 0. The van der Waals surface area contributed by atoms with Crippen molar-refractivity contribution in [2.45, 2.75) is 6.04 Å². The summed E-state index contributed by atoms with van der Waals surface area (Å²) in [5, 5.41) is 8.68. The quantitative estimate of drug-likeness (QED) is 0.700. The highest BCUT2D eigenvalue weighted by Gasteiger charge is 2.10. The monoisotopic (exact) mass is 179 g/mol. The van der Waals surface area contributed by atoms with Crippen LogP contribution in [0.25, 0.3) is 0 Å². The average molecular weight is 179 g/mol. The highest BCUT2D eigenvalue weighted by Crippen LogP contribution is 2.16. The van der Waals surface area contributed by atoms with E-state index in [9.17, 15) is 4.39 Å². The lowest BCUT2D eigenvalue weighted by molar-refractivity contribution is 0.619. The Balaban J connectivity index is 3.17. The lowest BCUT2D eigenvalue weighted by Crippen LogP contribution is -2.21. The minimum Gasteiger partial charge on any atom is -0.329 e. The van der Waals surface area contributed by atoms with Crippen LogP contribution in [0.5, 0.6) is 0 Å². The number of nitrogens with two attached hydrogens (primary N) is 2. The van der Waals surface area contributed by atoms with E-state index in [2.05, 4.69) is 0 Å². The van der Waals surface area contributed by atoms with Crippen LogP contribution in [-0.4, -0.2) is 6.54 Å². The molecule has 1 aromatic rings. The van der Waals surface area contributed by atoms with Gasteiger partial charge in [0.2, 0.25) is 0 Å². The molecule has 1 unspecified atom stereocenters. The molecule has 1 aromatic carbocycles. The van der Waals surface area contributed by atoms with Gasteiger partial charge < -0.3 is 11.5 Å². The summed E-state index contributed by atoms with van der Waals surface area (Å²) in [5.41, 5.74) is 11.8. The van der Waals surface area contributed by atoms with Gasteiger partial charge in [0.05, 0.1) is 11.6 Å². The maximum Gasteiger partial charge on any atom is 0.123 e. The van der Waals surface area contributed by atoms with E-state index < -0.39 is 11.9 Å². The molecule has 0 aromatic heterocycles. The van der Waals surface area contributed by atoms with Gasteiger partial charge in [0.15, 0.2) is 0 Å². The lowest BCUT2D eigenvalue weighted by Gasteiger charge is -2.10. The van der Waals surface area contributed by atoms with Crippen molar-refractivity contribution >= 4 is 0 Å². The van der Waals surface area contributed by atoms with Gasteiger partial charge in [-0.25, -0.2) is 4.39 Å². The van der Waals surface area contributed by atoms with Crippen LogP contribution in [0, 0.1) is 17.1 Å². The van der Waals surface area contributed by atoms with E-state index in [0.717, 1.165) is 0 Å². The molecule has 0 aliphatic rings. The second kappa shape index (κ2) is 3.99. The third-order valence-electron chi connectivity index (χ3n) is 1.79. The van der Waals surface area contributed by atoms with E-state index in [0.29, 0.717) is 11.1 Å². The number of hydrogen-bond donors (Lipinski definition) is 2. The first-order valence-electron chi connectivity index (χ1n) is 3.84. The molecule has 0 amide bonds. The van der Waals surface area contributed by atoms with Gasteiger partial charge >= 0.3 is 0 Å². The highest BCUT2D eigenvalue weighted by molar-refractivity contribution is 5.39. The number of halogens is 1. The maximum atomic E-state index is 12.8. The van der Waals surface area contributed by atoms with Crippen LogP contribution in [0.15, 0.2) is 18.2 Å². The molecule has 1 atom stereocenters. The molecule has 0 spiro atoms. The fourth-order valence-corrected chi connectivity index (χ4v) is 1.07.